The molecule has 0 aromatic carbocycles. The second kappa shape index (κ2) is 5.14. The van der Waals surface area contributed by atoms with Crippen LogP contribution in [0.4, 0.5) is 0 Å². The molecule has 0 bridgehead atoms. The molecule has 0 saturated carbocycles. The minimum absolute atomic E-state index is 0.295. The molecule has 9 heteroatoms. The van der Waals surface area contributed by atoms with Crippen molar-refractivity contribution in [1.82, 2.24) is 9.99 Å². The average molecular weight is 266 g/mol. The van der Waals surface area contributed by atoms with Crippen molar-refractivity contribution in [2.75, 3.05) is 6.54 Å². The maximum absolute atomic E-state index is 11.8. The summed E-state index contributed by atoms with van der Waals surface area (Å²) in [5.41, 5.74) is 0. The van der Waals surface area contributed by atoms with Crippen LogP contribution >= 0.6 is 7.75 Å². The number of nitrogens with zero attached hydrogens (tertiary/aromatic N) is 1. The number of amides is 1. The third-order valence-corrected chi connectivity index (χ3v) is 3.28. The van der Waals surface area contributed by atoms with Crippen LogP contribution in [0, 0.1) is 0 Å². The number of carboxylic acid groups (broad SMARTS) is 1. The van der Waals surface area contributed by atoms with E-state index in [9.17, 15) is 14.2 Å². The highest BCUT2D eigenvalue weighted by molar-refractivity contribution is 7.49. The Labute approximate surface area is 97.8 Å². The maximum atomic E-state index is 11.8. The normalized spacial score (nSPS) is 22.5. The van der Waals surface area contributed by atoms with E-state index in [2.05, 4.69) is 0 Å². The van der Waals surface area contributed by atoms with Gasteiger partial charge in [0.25, 0.3) is 0 Å². The number of carboxylic acids is 1. The molecule has 1 aliphatic heterocycles. The molecule has 0 aromatic heterocycles. The summed E-state index contributed by atoms with van der Waals surface area (Å²) in [6.07, 6.45) is 0.940. The molecule has 1 heterocycles. The van der Waals surface area contributed by atoms with Gasteiger partial charge >= 0.3 is 13.7 Å². The van der Waals surface area contributed by atoms with E-state index in [1.54, 1.807) is 0 Å². The molecule has 1 amide bonds. The number of rotatable bonds is 4. The molecule has 0 radical (unpaired) electrons. The zero-order valence-corrected chi connectivity index (χ0v) is 10.1. The first-order chi connectivity index (χ1) is 7.72. The zero-order chi connectivity index (χ0) is 13.2. The first-order valence-electron chi connectivity index (χ1n) is 5.09. The summed E-state index contributed by atoms with van der Waals surface area (Å²) in [5.74, 6) is -1.71. The standard InChI is InChI=1S/C8H15N2O6P/c1-5(9-17(14,15)16)7(11)10-4-2-3-6(10)8(12)13/h5-6H,2-4H2,1H3,(H,12,13)(H3,9,14,15,16)/t5-,6+/m1/s1. The van der Waals surface area contributed by atoms with Gasteiger partial charge in [0.2, 0.25) is 5.91 Å². The molecule has 8 nitrogen and oxygen atoms in total. The molecule has 1 fully saturated rings. The predicted octanol–water partition coefficient (Wildman–Crippen LogP) is -0.867. The molecule has 1 aliphatic rings. The lowest BCUT2D eigenvalue weighted by Crippen LogP contribution is -2.48. The molecule has 17 heavy (non-hydrogen) atoms. The van der Waals surface area contributed by atoms with Gasteiger partial charge in [-0.2, -0.15) is 0 Å². The molecule has 0 aromatic rings. The van der Waals surface area contributed by atoms with Crippen LogP contribution in [0.25, 0.3) is 0 Å². The summed E-state index contributed by atoms with van der Waals surface area (Å²) < 4.78 is 10.7. The van der Waals surface area contributed by atoms with Gasteiger partial charge in [-0.3, -0.25) is 4.79 Å². The summed E-state index contributed by atoms with van der Waals surface area (Å²) >= 11 is 0. The lowest BCUT2D eigenvalue weighted by molar-refractivity contribution is -0.148. The Morgan fingerprint density at radius 3 is 2.53 bits per heavy atom. The molecule has 1 rings (SSSR count). The lowest BCUT2D eigenvalue weighted by Gasteiger charge is -2.25. The van der Waals surface area contributed by atoms with Crippen LogP contribution in [0.15, 0.2) is 0 Å². The highest BCUT2D eigenvalue weighted by Crippen LogP contribution is 2.30. The van der Waals surface area contributed by atoms with Crippen LogP contribution in [0.2, 0.25) is 0 Å². The molecule has 0 unspecified atom stereocenters. The minimum atomic E-state index is -4.50. The molecule has 0 spiro atoms. The van der Waals surface area contributed by atoms with Gasteiger partial charge in [-0.15, -0.1) is 0 Å². The molecule has 98 valence electrons. The Bertz CT molecular complexity index is 367. The van der Waals surface area contributed by atoms with E-state index in [0.29, 0.717) is 19.4 Å². The molecule has 4 N–H and O–H groups in total. The average Bonchev–Trinajstić information content (AvgIpc) is 2.61. The van der Waals surface area contributed by atoms with Gasteiger partial charge in [0.15, 0.2) is 0 Å². The lowest BCUT2D eigenvalue weighted by atomic mass is 10.2. The fourth-order valence-electron chi connectivity index (χ4n) is 1.84. The summed E-state index contributed by atoms with van der Waals surface area (Å²) in [4.78, 5) is 41.1. The second-order valence-electron chi connectivity index (χ2n) is 3.92. The molecule has 2 atom stereocenters. The number of carbonyl (C=O) groups excluding carboxylic acids is 1. The van der Waals surface area contributed by atoms with Crippen LogP contribution in [0.3, 0.4) is 0 Å². The number of hydrogen-bond acceptors (Lipinski definition) is 3. The van der Waals surface area contributed by atoms with Gasteiger partial charge in [-0.25, -0.2) is 14.4 Å². The number of nitrogens with one attached hydrogen (secondary N) is 1. The van der Waals surface area contributed by atoms with Gasteiger partial charge in [0.05, 0.1) is 6.04 Å². The van der Waals surface area contributed by atoms with E-state index in [4.69, 9.17) is 14.9 Å². The Balaban J connectivity index is 2.69. The third-order valence-electron chi connectivity index (χ3n) is 2.55. The largest absolute Gasteiger partial charge is 0.480 e. The van der Waals surface area contributed by atoms with Gasteiger partial charge in [0.1, 0.15) is 6.04 Å². The van der Waals surface area contributed by atoms with Crippen LogP contribution in [0.5, 0.6) is 0 Å². The van der Waals surface area contributed by atoms with Gasteiger partial charge in [0, 0.05) is 6.54 Å². The smallest absolute Gasteiger partial charge is 0.401 e. The fourth-order valence-corrected chi connectivity index (χ4v) is 2.46. The number of aliphatic carboxylic acids is 1. The van der Waals surface area contributed by atoms with Crippen molar-refractivity contribution in [2.45, 2.75) is 31.8 Å². The molecular formula is C8H15N2O6P. The van der Waals surface area contributed by atoms with E-state index in [1.165, 1.54) is 6.92 Å². The van der Waals surface area contributed by atoms with E-state index < -0.39 is 31.7 Å². The van der Waals surface area contributed by atoms with Crippen molar-refractivity contribution >= 4 is 19.6 Å². The van der Waals surface area contributed by atoms with Gasteiger partial charge in [-0.05, 0) is 19.8 Å². The highest BCUT2D eigenvalue weighted by Gasteiger charge is 2.37. The van der Waals surface area contributed by atoms with Crippen molar-refractivity contribution in [1.29, 1.82) is 0 Å². The van der Waals surface area contributed by atoms with Crippen molar-refractivity contribution in [3.05, 3.63) is 0 Å². The monoisotopic (exact) mass is 266 g/mol. The van der Waals surface area contributed by atoms with Gasteiger partial charge < -0.3 is 19.8 Å². The highest BCUT2D eigenvalue weighted by atomic mass is 31.2. The van der Waals surface area contributed by atoms with E-state index in [0.717, 1.165) is 4.90 Å². The van der Waals surface area contributed by atoms with Crippen LogP contribution in [-0.2, 0) is 14.2 Å². The number of carbonyl (C=O) groups is 2. The Morgan fingerprint density at radius 2 is 2.06 bits per heavy atom. The van der Waals surface area contributed by atoms with Crippen molar-refractivity contribution in [3.8, 4) is 0 Å². The Kier molecular flexibility index (Phi) is 4.26. The van der Waals surface area contributed by atoms with Gasteiger partial charge in [-0.1, -0.05) is 0 Å². The van der Waals surface area contributed by atoms with Crippen molar-refractivity contribution in [3.63, 3.8) is 0 Å². The summed E-state index contributed by atoms with van der Waals surface area (Å²) in [5, 5.41) is 10.7. The third kappa shape index (κ3) is 3.78. The SMILES string of the molecule is C[C@@H](NP(=O)(O)O)C(=O)N1CCC[C@H]1C(=O)O. The fraction of sp³-hybridized carbons (Fsp3) is 0.750. The Hall–Kier alpha value is -0.950. The molecular weight excluding hydrogens is 251 g/mol. The van der Waals surface area contributed by atoms with E-state index >= 15 is 0 Å². The molecule has 1 saturated heterocycles. The Morgan fingerprint density at radius 1 is 1.47 bits per heavy atom. The maximum Gasteiger partial charge on any atom is 0.401 e. The van der Waals surface area contributed by atoms with E-state index in [1.807, 2.05) is 5.09 Å². The predicted molar refractivity (Wildman–Crippen MR) is 57.0 cm³/mol. The van der Waals surface area contributed by atoms with Crippen LogP contribution in [0.1, 0.15) is 19.8 Å². The minimum Gasteiger partial charge on any atom is -0.480 e. The van der Waals surface area contributed by atoms with Crippen molar-refractivity contribution in [2.24, 2.45) is 0 Å². The number of likely N-dealkylation sites (tertiary alicyclic amines) is 1. The summed E-state index contributed by atoms with van der Waals surface area (Å²) in [7, 11) is -4.50. The van der Waals surface area contributed by atoms with Crippen molar-refractivity contribution < 1.29 is 29.0 Å². The van der Waals surface area contributed by atoms with E-state index in [-0.39, 0.29) is 0 Å². The van der Waals surface area contributed by atoms with Crippen LogP contribution < -0.4 is 5.09 Å². The second-order valence-corrected chi connectivity index (χ2v) is 5.27. The summed E-state index contributed by atoms with van der Waals surface area (Å²) in [6.45, 7) is 1.58. The molecule has 0 aliphatic carbocycles. The number of hydrogen-bond donors (Lipinski definition) is 4. The first kappa shape index (κ1) is 14.1. The zero-order valence-electron chi connectivity index (χ0n) is 9.24. The summed E-state index contributed by atoms with van der Waals surface area (Å²) in [6, 6.07) is -2.01. The van der Waals surface area contributed by atoms with Crippen LogP contribution in [-0.4, -0.2) is 50.3 Å². The first-order valence-corrected chi connectivity index (χ1v) is 6.70. The quantitative estimate of drug-likeness (QED) is 0.487. The topological polar surface area (TPSA) is 127 Å².